The summed E-state index contributed by atoms with van der Waals surface area (Å²) in [6.45, 7) is 6.97. The molecular weight excluding hydrogens is 382 g/mol. The third-order valence-corrected chi connectivity index (χ3v) is 5.16. The second-order valence-electron chi connectivity index (χ2n) is 8.54. The molecule has 3 aromatic rings. The molecule has 1 saturated heterocycles. The molecule has 30 heavy (non-hydrogen) atoms. The fourth-order valence-corrected chi connectivity index (χ4v) is 3.63. The van der Waals surface area contributed by atoms with Crippen molar-refractivity contribution in [2.75, 3.05) is 25.0 Å². The zero-order valence-electron chi connectivity index (χ0n) is 17.8. The highest BCUT2D eigenvalue weighted by Gasteiger charge is 2.30. The summed E-state index contributed by atoms with van der Waals surface area (Å²) in [6, 6.07) is 2.04. The van der Waals surface area contributed by atoms with Crippen LogP contribution in [0.15, 0.2) is 37.1 Å². The van der Waals surface area contributed by atoms with E-state index in [0.29, 0.717) is 18.9 Å². The molecule has 0 saturated carbocycles. The van der Waals surface area contributed by atoms with Crippen LogP contribution in [0.2, 0.25) is 0 Å². The summed E-state index contributed by atoms with van der Waals surface area (Å²) in [5.41, 5.74) is 1.18. The summed E-state index contributed by atoms with van der Waals surface area (Å²) in [4.78, 5) is 29.8. The van der Waals surface area contributed by atoms with Crippen LogP contribution in [0.3, 0.4) is 0 Å². The number of amides is 1. The van der Waals surface area contributed by atoms with Crippen molar-refractivity contribution in [3.05, 3.63) is 37.1 Å². The lowest BCUT2D eigenvalue weighted by atomic mass is 10.0. The van der Waals surface area contributed by atoms with Crippen LogP contribution in [0, 0.1) is 0 Å². The lowest BCUT2D eigenvalue weighted by molar-refractivity contribution is 0.0199. The van der Waals surface area contributed by atoms with Crippen molar-refractivity contribution in [2.45, 2.75) is 45.3 Å². The molecule has 0 bridgehead atoms. The van der Waals surface area contributed by atoms with Crippen LogP contribution >= 0.6 is 0 Å². The molecule has 0 N–H and O–H groups in total. The van der Waals surface area contributed by atoms with E-state index in [-0.39, 0.29) is 12.1 Å². The van der Waals surface area contributed by atoms with Gasteiger partial charge in [0.1, 0.15) is 11.4 Å². The molecule has 0 unspecified atom stereocenters. The molecule has 3 aromatic heterocycles. The van der Waals surface area contributed by atoms with Gasteiger partial charge in [0, 0.05) is 44.8 Å². The van der Waals surface area contributed by atoms with Crippen molar-refractivity contribution >= 4 is 17.4 Å². The fraction of sp³-hybridized carbons (Fsp3) is 0.476. The Kier molecular flexibility index (Phi) is 5.27. The van der Waals surface area contributed by atoms with Crippen LogP contribution in [0.1, 0.15) is 33.6 Å². The van der Waals surface area contributed by atoms with Crippen LogP contribution in [0.25, 0.3) is 16.9 Å². The van der Waals surface area contributed by atoms with Gasteiger partial charge < -0.3 is 14.5 Å². The lowest BCUT2D eigenvalue weighted by Crippen LogP contribution is -2.50. The number of hydrogen-bond donors (Lipinski definition) is 0. The third kappa shape index (κ3) is 4.19. The first-order valence-corrected chi connectivity index (χ1v) is 10.1. The van der Waals surface area contributed by atoms with Crippen LogP contribution in [-0.2, 0) is 4.74 Å². The summed E-state index contributed by atoms with van der Waals surface area (Å²) in [7, 11) is 2.01. The minimum Gasteiger partial charge on any atom is -0.444 e. The highest BCUT2D eigenvalue weighted by Crippen LogP contribution is 2.25. The average Bonchev–Trinajstić information content (AvgIpc) is 3.16. The van der Waals surface area contributed by atoms with E-state index in [0.717, 1.165) is 29.7 Å². The van der Waals surface area contributed by atoms with E-state index in [1.807, 2.05) is 33.9 Å². The monoisotopic (exact) mass is 409 g/mol. The maximum Gasteiger partial charge on any atom is 0.410 e. The Labute approximate surface area is 175 Å². The molecule has 9 nitrogen and oxygen atoms in total. The predicted molar refractivity (Wildman–Crippen MR) is 113 cm³/mol. The standard InChI is InChI=1S/C21H27N7O2/c1-21(2,3)30-20(29)27-10-5-6-15(14-27)26(4)18-7-8-23-19(25-18)16-12-24-28-11-9-22-13-17(16)28/h7-9,11-13,15H,5-6,10,14H2,1-4H3/t15-/m1/s1. The topological polar surface area (TPSA) is 88.8 Å². The zero-order valence-corrected chi connectivity index (χ0v) is 17.8. The van der Waals surface area contributed by atoms with E-state index in [1.54, 1.807) is 40.4 Å². The molecule has 158 valence electrons. The smallest absolute Gasteiger partial charge is 0.410 e. The van der Waals surface area contributed by atoms with Crippen molar-refractivity contribution in [2.24, 2.45) is 0 Å². The Hall–Kier alpha value is -3.23. The van der Waals surface area contributed by atoms with E-state index in [2.05, 4.69) is 20.0 Å². The summed E-state index contributed by atoms with van der Waals surface area (Å²) in [5, 5.41) is 4.34. The van der Waals surface area contributed by atoms with E-state index in [4.69, 9.17) is 9.72 Å². The van der Waals surface area contributed by atoms with Gasteiger partial charge in [-0.15, -0.1) is 0 Å². The summed E-state index contributed by atoms with van der Waals surface area (Å²) < 4.78 is 7.30. The first kappa shape index (κ1) is 20.1. The molecule has 1 aliphatic rings. The zero-order chi connectivity index (χ0) is 21.3. The van der Waals surface area contributed by atoms with Gasteiger partial charge in [-0.1, -0.05) is 0 Å². The highest BCUT2D eigenvalue weighted by atomic mass is 16.6. The number of likely N-dealkylation sites (N-methyl/N-ethyl adjacent to an activating group) is 1. The molecular formula is C21H27N7O2. The number of aromatic nitrogens is 5. The first-order chi connectivity index (χ1) is 14.3. The normalized spacial score (nSPS) is 17.2. The number of fused-ring (bicyclic) bond motifs is 1. The largest absolute Gasteiger partial charge is 0.444 e. The maximum absolute atomic E-state index is 12.5. The van der Waals surface area contributed by atoms with Gasteiger partial charge in [-0.3, -0.25) is 4.98 Å². The fourth-order valence-electron chi connectivity index (χ4n) is 3.63. The number of carbonyl (C=O) groups excluding carboxylic acids is 1. The van der Waals surface area contributed by atoms with E-state index >= 15 is 0 Å². The van der Waals surface area contributed by atoms with Crippen molar-refractivity contribution in [1.29, 1.82) is 0 Å². The van der Waals surface area contributed by atoms with Gasteiger partial charge >= 0.3 is 6.09 Å². The molecule has 1 amide bonds. The Morgan fingerprint density at radius 2 is 2.10 bits per heavy atom. The number of ether oxygens (including phenoxy) is 1. The number of carbonyl (C=O) groups is 1. The number of rotatable bonds is 3. The van der Waals surface area contributed by atoms with Crippen LogP contribution in [0.4, 0.5) is 10.6 Å². The second-order valence-corrected chi connectivity index (χ2v) is 8.54. The minimum atomic E-state index is -0.499. The molecule has 4 heterocycles. The number of nitrogens with zero attached hydrogens (tertiary/aromatic N) is 7. The van der Waals surface area contributed by atoms with E-state index < -0.39 is 5.60 Å². The number of likely N-dealkylation sites (tertiary alicyclic amines) is 1. The molecule has 9 heteroatoms. The Balaban J connectivity index is 1.53. The van der Waals surface area contributed by atoms with E-state index in [1.165, 1.54) is 0 Å². The third-order valence-electron chi connectivity index (χ3n) is 5.16. The highest BCUT2D eigenvalue weighted by molar-refractivity contribution is 5.75. The predicted octanol–water partition coefficient (Wildman–Crippen LogP) is 3.02. The molecule has 4 rings (SSSR count). The molecule has 1 fully saturated rings. The van der Waals surface area contributed by atoms with Gasteiger partial charge in [0.2, 0.25) is 0 Å². The van der Waals surface area contributed by atoms with Gasteiger partial charge in [-0.2, -0.15) is 5.10 Å². The number of anilines is 1. The van der Waals surface area contributed by atoms with Crippen molar-refractivity contribution in [1.82, 2.24) is 29.5 Å². The average molecular weight is 409 g/mol. The molecule has 0 aromatic carbocycles. The van der Waals surface area contributed by atoms with Crippen molar-refractivity contribution < 1.29 is 9.53 Å². The van der Waals surface area contributed by atoms with Crippen molar-refractivity contribution in [3.63, 3.8) is 0 Å². The van der Waals surface area contributed by atoms with Gasteiger partial charge in [-0.25, -0.2) is 19.3 Å². The first-order valence-electron chi connectivity index (χ1n) is 10.1. The Bertz CT molecular complexity index is 1040. The van der Waals surface area contributed by atoms with Crippen LogP contribution in [-0.4, -0.2) is 67.3 Å². The molecule has 1 aliphatic heterocycles. The van der Waals surface area contributed by atoms with Crippen LogP contribution in [0.5, 0.6) is 0 Å². The van der Waals surface area contributed by atoms with Gasteiger partial charge in [0.25, 0.3) is 0 Å². The molecule has 0 radical (unpaired) electrons. The van der Waals surface area contributed by atoms with E-state index in [9.17, 15) is 4.79 Å². The summed E-state index contributed by atoms with van der Waals surface area (Å²) in [6.07, 6.45) is 10.4. The molecule has 1 atom stereocenters. The Morgan fingerprint density at radius 1 is 1.27 bits per heavy atom. The number of piperidine rings is 1. The summed E-state index contributed by atoms with van der Waals surface area (Å²) >= 11 is 0. The SMILES string of the molecule is CN(c1ccnc(-c2cnn3ccncc23)n1)[C@@H]1CCCN(C(=O)OC(C)(C)C)C1. The Morgan fingerprint density at radius 3 is 2.90 bits per heavy atom. The second kappa shape index (κ2) is 7.89. The maximum atomic E-state index is 12.5. The van der Waals surface area contributed by atoms with Crippen molar-refractivity contribution in [3.8, 4) is 11.4 Å². The van der Waals surface area contributed by atoms with Crippen LogP contribution < -0.4 is 4.90 Å². The molecule has 0 spiro atoms. The van der Waals surface area contributed by atoms with Gasteiger partial charge in [0.05, 0.1) is 23.5 Å². The van der Waals surface area contributed by atoms with Gasteiger partial charge in [-0.05, 0) is 39.7 Å². The summed E-state index contributed by atoms with van der Waals surface area (Å²) in [5.74, 6) is 1.40. The quantitative estimate of drug-likeness (QED) is 0.657. The van der Waals surface area contributed by atoms with Gasteiger partial charge in [0.15, 0.2) is 5.82 Å². The lowest BCUT2D eigenvalue weighted by Gasteiger charge is -2.38. The number of hydrogen-bond acceptors (Lipinski definition) is 7. The minimum absolute atomic E-state index is 0.152. The molecule has 0 aliphatic carbocycles.